The van der Waals surface area contributed by atoms with Gasteiger partial charge in [0.15, 0.2) is 0 Å². The monoisotopic (exact) mass is 313 g/mol. The third-order valence-corrected chi connectivity index (χ3v) is 4.68. The van der Waals surface area contributed by atoms with Gasteiger partial charge in [0.25, 0.3) is 0 Å². The Morgan fingerprint density at radius 3 is 2.14 bits per heavy atom. The Hall–Kier alpha value is -1.64. The van der Waals surface area contributed by atoms with Gasteiger partial charge in [0.05, 0.1) is 4.90 Å². The highest BCUT2D eigenvalue weighted by atomic mass is 32.2. The summed E-state index contributed by atoms with van der Waals surface area (Å²) in [6.45, 7) is 4.40. The van der Waals surface area contributed by atoms with E-state index >= 15 is 0 Å². The fourth-order valence-electron chi connectivity index (χ4n) is 2.37. The summed E-state index contributed by atoms with van der Waals surface area (Å²) in [7, 11) is -3.67. The fraction of sp³-hybridized carbons (Fsp3) is 0.462. The zero-order valence-corrected chi connectivity index (χ0v) is 12.6. The molecule has 0 amide bonds. The molecule has 2 rings (SSSR count). The molecule has 0 radical (unpaired) electrons. The molecule has 1 heterocycles. The second-order valence-electron chi connectivity index (χ2n) is 5.08. The molecule has 116 valence electrons. The van der Waals surface area contributed by atoms with Crippen LogP contribution in [0.15, 0.2) is 29.2 Å². The van der Waals surface area contributed by atoms with Crippen LogP contribution in [-0.4, -0.2) is 56.6 Å². The van der Waals surface area contributed by atoms with Gasteiger partial charge < -0.3 is 10.0 Å². The van der Waals surface area contributed by atoms with Crippen LogP contribution >= 0.6 is 0 Å². The van der Waals surface area contributed by atoms with Gasteiger partial charge in [0, 0.05) is 31.9 Å². The SMILES string of the molecule is CC(C(=O)O)N1CCN(c2ccc(S(N)(=O)=O)cc2)CC1. The number of primary sulfonamides is 1. The Balaban J connectivity index is 2.01. The average Bonchev–Trinajstić information content (AvgIpc) is 2.46. The first kappa shape index (κ1) is 15.7. The van der Waals surface area contributed by atoms with E-state index in [4.69, 9.17) is 10.2 Å². The van der Waals surface area contributed by atoms with Crippen molar-refractivity contribution in [3.63, 3.8) is 0 Å². The smallest absolute Gasteiger partial charge is 0.320 e. The molecule has 0 aromatic heterocycles. The molecule has 0 saturated carbocycles. The normalized spacial score (nSPS) is 18.5. The molecule has 1 saturated heterocycles. The molecule has 8 heteroatoms. The highest BCUT2D eigenvalue weighted by Gasteiger charge is 2.25. The van der Waals surface area contributed by atoms with Crippen LogP contribution in [0.3, 0.4) is 0 Å². The lowest BCUT2D eigenvalue weighted by molar-refractivity contribution is -0.142. The standard InChI is InChI=1S/C13H19N3O4S/c1-10(13(17)18)15-6-8-16(9-7-15)11-2-4-12(5-3-11)21(14,19)20/h2-5,10H,6-9H2,1H3,(H,17,18)(H2,14,19,20). The summed E-state index contributed by atoms with van der Waals surface area (Å²) in [4.78, 5) is 15.1. The molecule has 0 bridgehead atoms. The molecule has 1 aliphatic rings. The number of piperazine rings is 1. The number of carbonyl (C=O) groups is 1. The van der Waals surface area contributed by atoms with Crippen LogP contribution in [0, 0.1) is 0 Å². The molecule has 0 aliphatic carbocycles. The van der Waals surface area contributed by atoms with Crippen molar-refractivity contribution in [2.75, 3.05) is 31.1 Å². The van der Waals surface area contributed by atoms with E-state index in [0.717, 1.165) is 5.69 Å². The van der Waals surface area contributed by atoms with Crippen molar-refractivity contribution < 1.29 is 18.3 Å². The lowest BCUT2D eigenvalue weighted by Gasteiger charge is -2.37. The number of aliphatic carboxylic acids is 1. The van der Waals surface area contributed by atoms with Crippen LogP contribution in [0.2, 0.25) is 0 Å². The number of nitrogens with zero attached hydrogens (tertiary/aromatic N) is 2. The largest absolute Gasteiger partial charge is 0.480 e. The van der Waals surface area contributed by atoms with Crippen LogP contribution in [0.1, 0.15) is 6.92 Å². The number of nitrogens with two attached hydrogens (primary N) is 1. The summed E-state index contributed by atoms with van der Waals surface area (Å²) in [6, 6.07) is 5.91. The van der Waals surface area contributed by atoms with E-state index < -0.39 is 22.0 Å². The maximum absolute atomic E-state index is 11.2. The van der Waals surface area contributed by atoms with Gasteiger partial charge in [-0.05, 0) is 31.2 Å². The lowest BCUT2D eigenvalue weighted by atomic mass is 10.2. The number of anilines is 1. The van der Waals surface area contributed by atoms with Crippen molar-refractivity contribution in [3.05, 3.63) is 24.3 Å². The second kappa shape index (κ2) is 6.00. The number of carboxylic acid groups (broad SMARTS) is 1. The Labute approximate surface area is 124 Å². The molecule has 1 aliphatic heterocycles. The Morgan fingerprint density at radius 1 is 1.19 bits per heavy atom. The summed E-state index contributed by atoms with van der Waals surface area (Å²) >= 11 is 0. The predicted octanol–water partition coefficient (Wildman–Crippen LogP) is -0.0709. The van der Waals surface area contributed by atoms with E-state index in [1.54, 1.807) is 19.1 Å². The van der Waals surface area contributed by atoms with Crippen LogP contribution in [-0.2, 0) is 14.8 Å². The highest BCUT2D eigenvalue weighted by Crippen LogP contribution is 2.19. The van der Waals surface area contributed by atoms with Gasteiger partial charge in [-0.15, -0.1) is 0 Å². The van der Waals surface area contributed by atoms with Gasteiger partial charge in [0.2, 0.25) is 10.0 Å². The summed E-state index contributed by atoms with van der Waals surface area (Å²) in [6.07, 6.45) is 0. The maximum atomic E-state index is 11.2. The summed E-state index contributed by atoms with van der Waals surface area (Å²) in [5.41, 5.74) is 0.907. The van der Waals surface area contributed by atoms with E-state index in [2.05, 4.69) is 4.90 Å². The third kappa shape index (κ3) is 3.72. The third-order valence-electron chi connectivity index (χ3n) is 3.75. The lowest BCUT2D eigenvalue weighted by Crippen LogP contribution is -2.51. The minimum absolute atomic E-state index is 0.0874. The van der Waals surface area contributed by atoms with E-state index in [9.17, 15) is 13.2 Å². The van der Waals surface area contributed by atoms with Gasteiger partial charge in [-0.1, -0.05) is 0 Å². The minimum Gasteiger partial charge on any atom is -0.480 e. The molecular weight excluding hydrogens is 294 g/mol. The first-order valence-corrected chi connectivity index (χ1v) is 8.18. The summed E-state index contributed by atoms with van der Waals surface area (Å²) in [5.74, 6) is -0.819. The van der Waals surface area contributed by atoms with Gasteiger partial charge in [0.1, 0.15) is 6.04 Å². The molecule has 7 nitrogen and oxygen atoms in total. The van der Waals surface area contributed by atoms with Crippen molar-refractivity contribution in [2.45, 2.75) is 17.9 Å². The molecule has 21 heavy (non-hydrogen) atoms. The van der Waals surface area contributed by atoms with Crippen LogP contribution in [0.25, 0.3) is 0 Å². The van der Waals surface area contributed by atoms with Crippen molar-refractivity contribution >= 4 is 21.7 Å². The number of sulfonamides is 1. The van der Waals surface area contributed by atoms with Gasteiger partial charge in [-0.25, -0.2) is 13.6 Å². The molecule has 3 N–H and O–H groups in total. The number of rotatable bonds is 4. The Bertz CT molecular complexity index is 607. The van der Waals surface area contributed by atoms with E-state index in [-0.39, 0.29) is 4.90 Å². The van der Waals surface area contributed by atoms with Crippen LogP contribution in [0.4, 0.5) is 5.69 Å². The fourth-order valence-corrected chi connectivity index (χ4v) is 2.89. The molecule has 1 fully saturated rings. The quantitative estimate of drug-likeness (QED) is 0.806. The van der Waals surface area contributed by atoms with Crippen molar-refractivity contribution in [1.29, 1.82) is 0 Å². The second-order valence-corrected chi connectivity index (χ2v) is 6.64. The topological polar surface area (TPSA) is 104 Å². The van der Waals surface area contributed by atoms with Gasteiger partial charge in [-0.3, -0.25) is 9.69 Å². The van der Waals surface area contributed by atoms with Crippen LogP contribution < -0.4 is 10.0 Å². The summed E-state index contributed by atoms with van der Waals surface area (Å²) < 4.78 is 22.4. The molecular formula is C13H19N3O4S. The first-order chi connectivity index (χ1) is 9.79. The highest BCUT2D eigenvalue weighted by molar-refractivity contribution is 7.89. The molecule has 1 unspecified atom stereocenters. The zero-order valence-electron chi connectivity index (χ0n) is 11.8. The average molecular weight is 313 g/mol. The number of carboxylic acids is 1. The molecule has 1 atom stereocenters. The van der Waals surface area contributed by atoms with E-state index in [1.807, 2.05) is 4.90 Å². The molecule has 0 spiro atoms. The Morgan fingerprint density at radius 2 is 1.71 bits per heavy atom. The molecule has 1 aromatic rings. The van der Waals surface area contributed by atoms with E-state index in [1.165, 1.54) is 12.1 Å². The maximum Gasteiger partial charge on any atom is 0.320 e. The van der Waals surface area contributed by atoms with Crippen molar-refractivity contribution in [2.24, 2.45) is 5.14 Å². The first-order valence-electron chi connectivity index (χ1n) is 6.64. The zero-order chi connectivity index (χ0) is 15.6. The summed E-state index contributed by atoms with van der Waals surface area (Å²) in [5, 5.41) is 14.1. The molecule has 1 aromatic carbocycles. The van der Waals surface area contributed by atoms with Crippen molar-refractivity contribution in [3.8, 4) is 0 Å². The number of benzene rings is 1. The number of hydrogen-bond acceptors (Lipinski definition) is 5. The van der Waals surface area contributed by atoms with E-state index in [0.29, 0.717) is 26.2 Å². The Kier molecular flexibility index (Phi) is 4.50. The number of hydrogen-bond donors (Lipinski definition) is 2. The predicted molar refractivity (Wildman–Crippen MR) is 78.7 cm³/mol. The van der Waals surface area contributed by atoms with Gasteiger partial charge in [-0.2, -0.15) is 0 Å². The van der Waals surface area contributed by atoms with Crippen LogP contribution in [0.5, 0.6) is 0 Å². The minimum atomic E-state index is -3.67. The van der Waals surface area contributed by atoms with Crippen molar-refractivity contribution in [1.82, 2.24) is 4.90 Å². The van der Waals surface area contributed by atoms with Gasteiger partial charge >= 0.3 is 5.97 Å².